The molecule has 0 aromatic rings. The number of hydrogen-bond donors (Lipinski definition) is 0. The number of hydrogen-bond acceptors (Lipinski definition) is 2. The standard InChI is InChI=1S/C12H20N2O/c1-10(8-13)9-14(3)11(15)12(2)6-4-5-7-12/h10H,4-7,9H2,1-3H3. The first kappa shape index (κ1) is 12.0. The van der Waals surface area contributed by atoms with Crippen LogP contribution >= 0.6 is 0 Å². The van der Waals surface area contributed by atoms with Crippen LogP contribution in [0.5, 0.6) is 0 Å². The zero-order chi connectivity index (χ0) is 11.5. The molecule has 1 aliphatic carbocycles. The average Bonchev–Trinajstić information content (AvgIpc) is 2.65. The van der Waals surface area contributed by atoms with Gasteiger partial charge in [-0.05, 0) is 19.8 Å². The Morgan fingerprint density at radius 2 is 2.07 bits per heavy atom. The minimum atomic E-state index is -0.163. The second-order valence-electron chi connectivity index (χ2n) is 4.98. The van der Waals surface area contributed by atoms with E-state index in [1.54, 1.807) is 11.9 Å². The summed E-state index contributed by atoms with van der Waals surface area (Å²) in [5.74, 6) is 0.131. The topological polar surface area (TPSA) is 44.1 Å². The van der Waals surface area contributed by atoms with Gasteiger partial charge in [-0.2, -0.15) is 5.26 Å². The van der Waals surface area contributed by atoms with Crippen LogP contribution in [0.25, 0.3) is 0 Å². The Balaban J connectivity index is 2.56. The summed E-state index contributed by atoms with van der Waals surface area (Å²) in [5.41, 5.74) is -0.163. The molecule has 1 aliphatic rings. The maximum absolute atomic E-state index is 12.1. The Kier molecular flexibility index (Phi) is 3.73. The van der Waals surface area contributed by atoms with Crippen LogP contribution in [0.3, 0.4) is 0 Å². The first-order valence-electron chi connectivity index (χ1n) is 5.65. The highest BCUT2D eigenvalue weighted by molar-refractivity contribution is 5.82. The Morgan fingerprint density at radius 1 is 1.53 bits per heavy atom. The maximum Gasteiger partial charge on any atom is 0.228 e. The summed E-state index contributed by atoms with van der Waals surface area (Å²) in [6.45, 7) is 4.45. The molecule has 1 fully saturated rings. The van der Waals surface area contributed by atoms with Crippen LogP contribution in [0.2, 0.25) is 0 Å². The van der Waals surface area contributed by atoms with E-state index in [-0.39, 0.29) is 17.2 Å². The van der Waals surface area contributed by atoms with E-state index in [4.69, 9.17) is 5.26 Å². The molecule has 0 radical (unpaired) electrons. The monoisotopic (exact) mass is 208 g/mol. The predicted octanol–water partition coefficient (Wildman–Crippen LogP) is 2.18. The van der Waals surface area contributed by atoms with Gasteiger partial charge in [0.1, 0.15) is 0 Å². The molecule has 1 rings (SSSR count). The molecule has 0 saturated heterocycles. The lowest BCUT2D eigenvalue weighted by atomic mass is 9.87. The molecular weight excluding hydrogens is 188 g/mol. The maximum atomic E-state index is 12.1. The highest BCUT2D eigenvalue weighted by atomic mass is 16.2. The number of carbonyl (C=O) groups is 1. The number of nitrogens with zero attached hydrogens (tertiary/aromatic N) is 2. The van der Waals surface area contributed by atoms with Gasteiger partial charge in [-0.1, -0.05) is 19.8 Å². The van der Waals surface area contributed by atoms with Gasteiger partial charge in [-0.15, -0.1) is 0 Å². The largest absolute Gasteiger partial charge is 0.344 e. The van der Waals surface area contributed by atoms with Crippen molar-refractivity contribution in [3.8, 4) is 6.07 Å². The van der Waals surface area contributed by atoms with Gasteiger partial charge in [0.05, 0.1) is 12.0 Å². The van der Waals surface area contributed by atoms with Crippen molar-refractivity contribution in [2.75, 3.05) is 13.6 Å². The van der Waals surface area contributed by atoms with Crippen molar-refractivity contribution >= 4 is 5.91 Å². The normalized spacial score (nSPS) is 20.7. The van der Waals surface area contributed by atoms with Crippen molar-refractivity contribution in [1.82, 2.24) is 4.90 Å². The minimum absolute atomic E-state index is 0.0797. The van der Waals surface area contributed by atoms with Gasteiger partial charge in [0, 0.05) is 19.0 Å². The van der Waals surface area contributed by atoms with E-state index in [1.165, 1.54) is 0 Å². The summed E-state index contributed by atoms with van der Waals surface area (Å²) < 4.78 is 0. The molecule has 0 heterocycles. The van der Waals surface area contributed by atoms with Crippen LogP contribution in [-0.2, 0) is 4.79 Å². The van der Waals surface area contributed by atoms with Crippen molar-refractivity contribution in [3.63, 3.8) is 0 Å². The van der Waals surface area contributed by atoms with Gasteiger partial charge in [-0.25, -0.2) is 0 Å². The van der Waals surface area contributed by atoms with Crippen LogP contribution in [0.1, 0.15) is 39.5 Å². The van der Waals surface area contributed by atoms with Gasteiger partial charge in [-0.3, -0.25) is 4.79 Å². The predicted molar refractivity (Wildman–Crippen MR) is 59.0 cm³/mol. The third kappa shape index (κ3) is 2.71. The quantitative estimate of drug-likeness (QED) is 0.713. The fourth-order valence-corrected chi connectivity index (χ4v) is 2.36. The fraction of sp³-hybridized carbons (Fsp3) is 0.833. The summed E-state index contributed by atoms with van der Waals surface area (Å²) in [5, 5.41) is 8.71. The lowest BCUT2D eigenvalue weighted by Gasteiger charge is -2.29. The smallest absolute Gasteiger partial charge is 0.228 e. The lowest BCUT2D eigenvalue weighted by molar-refractivity contribution is -0.139. The summed E-state index contributed by atoms with van der Waals surface area (Å²) >= 11 is 0. The van der Waals surface area contributed by atoms with Gasteiger partial charge >= 0.3 is 0 Å². The Morgan fingerprint density at radius 3 is 2.53 bits per heavy atom. The molecule has 1 amide bonds. The average molecular weight is 208 g/mol. The number of carbonyl (C=O) groups excluding carboxylic acids is 1. The Bertz CT molecular complexity index is 274. The van der Waals surface area contributed by atoms with E-state index in [2.05, 4.69) is 13.0 Å². The zero-order valence-corrected chi connectivity index (χ0v) is 9.92. The van der Waals surface area contributed by atoms with Crippen molar-refractivity contribution in [2.45, 2.75) is 39.5 Å². The summed E-state index contributed by atoms with van der Waals surface area (Å²) in [6.07, 6.45) is 4.31. The van der Waals surface area contributed by atoms with E-state index >= 15 is 0 Å². The van der Waals surface area contributed by atoms with Crippen molar-refractivity contribution in [2.24, 2.45) is 11.3 Å². The molecule has 0 N–H and O–H groups in total. The Labute approximate surface area is 92.1 Å². The van der Waals surface area contributed by atoms with Crippen LogP contribution in [0, 0.1) is 22.7 Å². The van der Waals surface area contributed by atoms with Crippen LogP contribution in [0.15, 0.2) is 0 Å². The molecule has 0 aromatic heterocycles. The third-order valence-corrected chi connectivity index (χ3v) is 3.34. The molecule has 15 heavy (non-hydrogen) atoms. The van der Waals surface area contributed by atoms with Crippen LogP contribution in [-0.4, -0.2) is 24.4 Å². The molecule has 1 saturated carbocycles. The van der Waals surface area contributed by atoms with Crippen LogP contribution < -0.4 is 0 Å². The van der Waals surface area contributed by atoms with E-state index in [0.717, 1.165) is 25.7 Å². The van der Waals surface area contributed by atoms with E-state index < -0.39 is 0 Å². The van der Waals surface area contributed by atoms with Gasteiger partial charge in [0.2, 0.25) is 5.91 Å². The lowest BCUT2D eigenvalue weighted by Crippen LogP contribution is -2.40. The van der Waals surface area contributed by atoms with E-state index in [9.17, 15) is 4.79 Å². The molecule has 3 heteroatoms. The number of rotatable bonds is 3. The van der Waals surface area contributed by atoms with E-state index in [1.807, 2.05) is 6.92 Å². The molecule has 84 valence electrons. The fourth-order valence-electron chi connectivity index (χ4n) is 2.36. The molecule has 3 nitrogen and oxygen atoms in total. The molecule has 0 aromatic carbocycles. The number of amides is 1. The summed E-state index contributed by atoms with van der Waals surface area (Å²) in [4.78, 5) is 13.9. The van der Waals surface area contributed by atoms with Gasteiger partial charge in [0.25, 0.3) is 0 Å². The highest BCUT2D eigenvalue weighted by Gasteiger charge is 2.38. The van der Waals surface area contributed by atoms with Crippen molar-refractivity contribution in [1.29, 1.82) is 5.26 Å². The minimum Gasteiger partial charge on any atom is -0.344 e. The summed E-state index contributed by atoms with van der Waals surface area (Å²) in [7, 11) is 1.81. The molecule has 1 unspecified atom stereocenters. The first-order valence-corrected chi connectivity index (χ1v) is 5.65. The first-order chi connectivity index (χ1) is 6.99. The van der Waals surface area contributed by atoms with Gasteiger partial charge < -0.3 is 4.90 Å². The molecule has 0 aliphatic heterocycles. The SMILES string of the molecule is CC(C#N)CN(C)C(=O)C1(C)CCCC1. The van der Waals surface area contributed by atoms with Gasteiger partial charge in [0.15, 0.2) is 0 Å². The third-order valence-electron chi connectivity index (χ3n) is 3.34. The second kappa shape index (κ2) is 4.65. The molecule has 0 spiro atoms. The highest BCUT2D eigenvalue weighted by Crippen LogP contribution is 2.38. The molecule has 0 bridgehead atoms. The van der Waals surface area contributed by atoms with Crippen molar-refractivity contribution in [3.05, 3.63) is 0 Å². The number of nitriles is 1. The molecule has 1 atom stereocenters. The molecular formula is C12H20N2O. The second-order valence-corrected chi connectivity index (χ2v) is 4.98. The zero-order valence-electron chi connectivity index (χ0n) is 9.92. The summed E-state index contributed by atoms with van der Waals surface area (Å²) in [6, 6.07) is 2.16. The van der Waals surface area contributed by atoms with E-state index in [0.29, 0.717) is 6.54 Å². The van der Waals surface area contributed by atoms with Crippen molar-refractivity contribution < 1.29 is 4.79 Å². The van der Waals surface area contributed by atoms with Crippen LogP contribution in [0.4, 0.5) is 0 Å². The Hall–Kier alpha value is -1.04.